The number of rotatable bonds is 11. The summed E-state index contributed by atoms with van der Waals surface area (Å²) in [5.41, 5.74) is 1.81. The summed E-state index contributed by atoms with van der Waals surface area (Å²) in [6.45, 7) is 5.11. The van der Waals surface area contributed by atoms with Gasteiger partial charge in [0.1, 0.15) is 23.9 Å². The van der Waals surface area contributed by atoms with Gasteiger partial charge in [0.2, 0.25) is 5.91 Å². The quantitative estimate of drug-likeness (QED) is 0.433. The van der Waals surface area contributed by atoms with Gasteiger partial charge in [0.15, 0.2) is 11.0 Å². The van der Waals surface area contributed by atoms with Crippen LogP contribution in [0.3, 0.4) is 0 Å². The molecule has 1 aromatic heterocycles. The van der Waals surface area contributed by atoms with Gasteiger partial charge in [-0.1, -0.05) is 30.8 Å². The van der Waals surface area contributed by atoms with Crippen LogP contribution in [0.1, 0.15) is 25.2 Å². The molecule has 1 N–H and O–H groups in total. The van der Waals surface area contributed by atoms with Crippen molar-refractivity contribution in [1.82, 2.24) is 14.8 Å². The second-order valence-corrected chi connectivity index (χ2v) is 7.77. The van der Waals surface area contributed by atoms with Gasteiger partial charge >= 0.3 is 0 Å². The summed E-state index contributed by atoms with van der Waals surface area (Å²) in [6.07, 6.45) is 0.989. The van der Waals surface area contributed by atoms with E-state index in [-0.39, 0.29) is 11.7 Å². The minimum Gasteiger partial charge on any atom is -0.497 e. The zero-order chi connectivity index (χ0) is 22.9. The third-order valence-corrected chi connectivity index (χ3v) is 5.79. The Morgan fingerprint density at radius 2 is 1.78 bits per heavy atom. The van der Waals surface area contributed by atoms with E-state index in [1.807, 2.05) is 23.6 Å². The van der Waals surface area contributed by atoms with Crippen molar-refractivity contribution >= 4 is 23.4 Å². The van der Waals surface area contributed by atoms with Crippen LogP contribution in [-0.4, -0.2) is 40.6 Å². The van der Waals surface area contributed by atoms with E-state index in [0.717, 1.165) is 12.2 Å². The second-order valence-electron chi connectivity index (χ2n) is 6.83. The highest BCUT2D eigenvalue weighted by Gasteiger charge is 2.15. The number of carbonyl (C=O) groups excluding carboxylic acids is 1. The van der Waals surface area contributed by atoms with E-state index >= 15 is 0 Å². The number of hydrogen-bond acceptors (Lipinski definition) is 7. The van der Waals surface area contributed by atoms with E-state index in [4.69, 9.17) is 14.2 Å². The van der Waals surface area contributed by atoms with Crippen molar-refractivity contribution in [3.63, 3.8) is 0 Å². The maximum atomic E-state index is 12.5. The molecule has 3 aromatic rings. The lowest BCUT2D eigenvalue weighted by Gasteiger charge is -2.12. The predicted octanol–water partition coefficient (Wildman–Crippen LogP) is 4.19. The number of nitrogens with zero attached hydrogens (tertiary/aromatic N) is 3. The molecule has 0 radical (unpaired) electrons. The lowest BCUT2D eigenvalue weighted by Crippen LogP contribution is -2.15. The maximum absolute atomic E-state index is 12.5. The highest BCUT2D eigenvalue weighted by molar-refractivity contribution is 7.99. The Morgan fingerprint density at radius 3 is 2.44 bits per heavy atom. The van der Waals surface area contributed by atoms with Crippen LogP contribution in [0, 0.1) is 0 Å². The SMILES string of the molecule is CCc1ccc(OCc2nnc(SCC(=O)Nc3cc(OC)ccc3OC)n2CC)cc1. The first-order valence-electron chi connectivity index (χ1n) is 10.4. The fraction of sp³-hybridized carbons (Fsp3) is 0.348. The lowest BCUT2D eigenvalue weighted by molar-refractivity contribution is -0.113. The van der Waals surface area contributed by atoms with Crippen molar-refractivity contribution < 1.29 is 19.0 Å². The summed E-state index contributed by atoms with van der Waals surface area (Å²) in [4.78, 5) is 12.5. The van der Waals surface area contributed by atoms with Crippen LogP contribution in [0.25, 0.3) is 0 Å². The molecule has 0 atom stereocenters. The monoisotopic (exact) mass is 456 g/mol. The Hall–Kier alpha value is -3.20. The Bertz CT molecular complexity index is 1040. The third kappa shape index (κ3) is 5.94. The molecule has 9 heteroatoms. The zero-order valence-corrected chi connectivity index (χ0v) is 19.6. The van der Waals surface area contributed by atoms with Crippen LogP contribution in [0.5, 0.6) is 17.2 Å². The van der Waals surface area contributed by atoms with Crippen LogP contribution in [-0.2, 0) is 24.4 Å². The number of methoxy groups -OCH3 is 2. The highest BCUT2D eigenvalue weighted by atomic mass is 32.2. The van der Waals surface area contributed by atoms with Crippen molar-refractivity contribution in [3.8, 4) is 17.2 Å². The van der Waals surface area contributed by atoms with E-state index in [2.05, 4.69) is 34.6 Å². The first-order valence-corrected chi connectivity index (χ1v) is 11.3. The van der Waals surface area contributed by atoms with Crippen LogP contribution < -0.4 is 19.5 Å². The Labute approximate surface area is 192 Å². The molecule has 0 aliphatic rings. The molecule has 0 saturated heterocycles. The molecular formula is C23H28N4O4S. The van der Waals surface area contributed by atoms with Gasteiger partial charge in [-0.05, 0) is 43.2 Å². The van der Waals surface area contributed by atoms with Crippen molar-refractivity contribution in [1.29, 1.82) is 0 Å². The van der Waals surface area contributed by atoms with Gasteiger partial charge in [-0.15, -0.1) is 10.2 Å². The fourth-order valence-corrected chi connectivity index (χ4v) is 3.87. The molecule has 170 valence electrons. The number of hydrogen-bond donors (Lipinski definition) is 1. The summed E-state index contributed by atoms with van der Waals surface area (Å²) in [5, 5.41) is 12.0. The molecule has 0 spiro atoms. The summed E-state index contributed by atoms with van der Waals surface area (Å²) in [5.74, 6) is 2.69. The molecule has 1 heterocycles. The van der Waals surface area contributed by atoms with Crippen molar-refractivity contribution in [2.24, 2.45) is 0 Å². The Kier molecular flexibility index (Phi) is 8.38. The number of benzene rings is 2. The van der Waals surface area contributed by atoms with Crippen LogP contribution in [0.4, 0.5) is 5.69 Å². The number of amides is 1. The van der Waals surface area contributed by atoms with Gasteiger partial charge in [-0.3, -0.25) is 4.79 Å². The molecule has 1 amide bonds. The molecular weight excluding hydrogens is 428 g/mol. The van der Waals surface area contributed by atoms with Gasteiger partial charge < -0.3 is 24.1 Å². The topological polar surface area (TPSA) is 87.5 Å². The average Bonchev–Trinajstić information content (AvgIpc) is 3.23. The molecule has 0 aliphatic carbocycles. The van der Waals surface area contributed by atoms with Crippen LogP contribution in [0.15, 0.2) is 47.6 Å². The number of aromatic nitrogens is 3. The fourth-order valence-electron chi connectivity index (χ4n) is 3.05. The molecule has 32 heavy (non-hydrogen) atoms. The number of ether oxygens (including phenoxy) is 3. The number of thioether (sulfide) groups is 1. The third-order valence-electron chi connectivity index (χ3n) is 4.82. The smallest absolute Gasteiger partial charge is 0.234 e. The van der Waals surface area contributed by atoms with E-state index in [9.17, 15) is 4.79 Å². The standard InChI is InChI=1S/C23H28N4O4S/c1-5-16-7-9-17(10-8-16)31-14-21-25-26-23(27(21)6-2)32-15-22(28)24-19-13-18(29-3)11-12-20(19)30-4/h7-13H,5-6,14-15H2,1-4H3,(H,24,28). The number of nitrogens with one attached hydrogen (secondary N) is 1. The number of carbonyl (C=O) groups is 1. The molecule has 0 bridgehead atoms. The Balaban J connectivity index is 1.59. The number of anilines is 1. The molecule has 3 rings (SSSR count). The van der Waals surface area contributed by atoms with Gasteiger partial charge in [0.25, 0.3) is 0 Å². The minimum absolute atomic E-state index is 0.178. The molecule has 0 fully saturated rings. The zero-order valence-electron chi connectivity index (χ0n) is 18.8. The summed E-state index contributed by atoms with van der Waals surface area (Å²) < 4.78 is 18.3. The molecule has 0 aliphatic heterocycles. The first kappa shape index (κ1) is 23.5. The van der Waals surface area contributed by atoms with E-state index in [1.54, 1.807) is 32.4 Å². The van der Waals surface area contributed by atoms with Crippen molar-refractivity contribution in [3.05, 3.63) is 53.9 Å². The van der Waals surface area contributed by atoms with Crippen molar-refractivity contribution in [2.45, 2.75) is 38.6 Å². The summed E-state index contributed by atoms with van der Waals surface area (Å²) >= 11 is 1.32. The molecule has 0 unspecified atom stereocenters. The lowest BCUT2D eigenvalue weighted by atomic mass is 10.2. The van der Waals surface area contributed by atoms with Gasteiger partial charge in [-0.25, -0.2) is 0 Å². The summed E-state index contributed by atoms with van der Waals surface area (Å²) in [6, 6.07) is 13.3. The van der Waals surface area contributed by atoms with Gasteiger partial charge in [-0.2, -0.15) is 0 Å². The van der Waals surface area contributed by atoms with Gasteiger partial charge in [0.05, 0.1) is 25.7 Å². The second kappa shape index (κ2) is 11.4. The van der Waals surface area contributed by atoms with Crippen molar-refractivity contribution in [2.75, 3.05) is 25.3 Å². The molecule has 2 aromatic carbocycles. The van der Waals surface area contributed by atoms with E-state index in [0.29, 0.717) is 41.3 Å². The summed E-state index contributed by atoms with van der Waals surface area (Å²) in [7, 11) is 3.13. The minimum atomic E-state index is -0.180. The average molecular weight is 457 g/mol. The van der Waals surface area contributed by atoms with Crippen LogP contribution >= 0.6 is 11.8 Å². The first-order chi connectivity index (χ1) is 15.6. The maximum Gasteiger partial charge on any atom is 0.234 e. The van der Waals surface area contributed by atoms with Gasteiger partial charge in [0, 0.05) is 12.6 Å². The normalized spacial score (nSPS) is 10.6. The van der Waals surface area contributed by atoms with E-state index in [1.165, 1.54) is 17.3 Å². The van der Waals surface area contributed by atoms with Crippen LogP contribution in [0.2, 0.25) is 0 Å². The number of aryl methyl sites for hydroxylation is 1. The van der Waals surface area contributed by atoms with E-state index < -0.39 is 0 Å². The molecule has 8 nitrogen and oxygen atoms in total. The molecule has 0 saturated carbocycles. The highest BCUT2D eigenvalue weighted by Crippen LogP contribution is 2.29. The predicted molar refractivity (Wildman–Crippen MR) is 125 cm³/mol. The largest absolute Gasteiger partial charge is 0.497 e. The Morgan fingerprint density at radius 1 is 1.03 bits per heavy atom.